The van der Waals surface area contributed by atoms with Crippen LogP contribution in [0.5, 0.6) is 0 Å². The van der Waals surface area contributed by atoms with Crippen LogP contribution in [0.3, 0.4) is 0 Å². The molecular formula is C23H23N7O2. The number of aromatic nitrogens is 5. The number of aryl methyl sites for hydroxylation is 1. The standard InChI is InChI=1S/C23H23N7O2/c1-13-7-8-18(30-24-9-10-25-30)21(26-13)22(31)29-14(2)15-11-17(19(29)12-15)28-23-27-16-5-3-4-6-20(16)32-23/h3-10,14-15,17,19H,11-12H2,1-2H3,(H,27,28). The number of carbonyl (C=O) groups is 1. The molecule has 2 aliphatic rings. The second-order valence-electron chi connectivity index (χ2n) is 8.63. The molecule has 1 saturated carbocycles. The molecule has 1 saturated heterocycles. The van der Waals surface area contributed by atoms with E-state index in [0.717, 1.165) is 29.6 Å². The van der Waals surface area contributed by atoms with Crippen molar-refractivity contribution < 1.29 is 9.21 Å². The van der Waals surface area contributed by atoms with Crippen LogP contribution in [0.2, 0.25) is 0 Å². The minimum Gasteiger partial charge on any atom is -0.424 e. The summed E-state index contributed by atoms with van der Waals surface area (Å²) in [5.74, 6) is 0.326. The first-order valence-corrected chi connectivity index (χ1v) is 10.9. The largest absolute Gasteiger partial charge is 0.424 e. The predicted octanol–water partition coefficient (Wildman–Crippen LogP) is 3.22. The Hall–Kier alpha value is -3.75. The quantitative estimate of drug-likeness (QED) is 0.531. The van der Waals surface area contributed by atoms with Crippen LogP contribution in [-0.4, -0.2) is 53.9 Å². The Morgan fingerprint density at radius 2 is 1.91 bits per heavy atom. The highest BCUT2D eigenvalue weighted by Crippen LogP contribution is 2.44. The first kappa shape index (κ1) is 19.0. The van der Waals surface area contributed by atoms with Gasteiger partial charge in [-0.25, -0.2) is 4.98 Å². The van der Waals surface area contributed by atoms with Gasteiger partial charge in [0, 0.05) is 11.7 Å². The number of anilines is 1. The maximum atomic E-state index is 13.8. The number of likely N-dealkylation sites (tertiary alicyclic amines) is 1. The average molecular weight is 429 g/mol. The zero-order chi connectivity index (χ0) is 21.8. The third-order valence-electron chi connectivity index (χ3n) is 6.73. The molecule has 6 rings (SSSR count). The number of nitrogens with one attached hydrogen (secondary N) is 1. The predicted molar refractivity (Wildman–Crippen MR) is 117 cm³/mol. The fourth-order valence-corrected chi connectivity index (χ4v) is 5.20. The van der Waals surface area contributed by atoms with Crippen LogP contribution in [-0.2, 0) is 0 Å². The van der Waals surface area contributed by atoms with E-state index in [4.69, 9.17) is 4.42 Å². The first-order valence-electron chi connectivity index (χ1n) is 10.9. The number of carbonyl (C=O) groups excluding carboxylic acids is 1. The van der Waals surface area contributed by atoms with Gasteiger partial charge in [0.2, 0.25) is 0 Å². The third-order valence-corrected chi connectivity index (χ3v) is 6.73. The molecule has 4 heterocycles. The van der Waals surface area contributed by atoms with Crippen molar-refractivity contribution in [2.45, 2.75) is 44.8 Å². The number of nitrogens with zero attached hydrogens (tertiary/aromatic N) is 6. The number of benzene rings is 1. The van der Waals surface area contributed by atoms with E-state index in [0.29, 0.717) is 23.3 Å². The summed E-state index contributed by atoms with van der Waals surface area (Å²) in [5, 5.41) is 11.9. The molecule has 1 N–H and O–H groups in total. The van der Waals surface area contributed by atoms with Gasteiger partial charge in [0.25, 0.3) is 11.9 Å². The number of pyridine rings is 1. The third kappa shape index (κ3) is 2.96. The maximum Gasteiger partial charge on any atom is 0.295 e. The molecule has 4 aromatic rings. The normalized spacial score (nSPS) is 24.4. The van der Waals surface area contributed by atoms with Gasteiger partial charge in [-0.3, -0.25) is 4.79 Å². The molecular weight excluding hydrogens is 406 g/mol. The number of hydrogen-bond donors (Lipinski definition) is 1. The Balaban J connectivity index is 1.31. The van der Waals surface area contributed by atoms with Gasteiger partial charge in [-0.1, -0.05) is 12.1 Å². The topological polar surface area (TPSA) is 102 Å². The molecule has 4 atom stereocenters. The zero-order valence-corrected chi connectivity index (χ0v) is 17.8. The number of oxazole rings is 1. The van der Waals surface area contributed by atoms with Crippen LogP contribution in [0.4, 0.5) is 6.01 Å². The van der Waals surface area contributed by atoms with Crippen molar-refractivity contribution >= 4 is 23.0 Å². The summed E-state index contributed by atoms with van der Waals surface area (Å²) < 4.78 is 5.87. The van der Waals surface area contributed by atoms with Crippen LogP contribution in [0.1, 0.15) is 35.9 Å². The number of rotatable bonds is 4. The molecule has 1 amide bonds. The zero-order valence-electron chi connectivity index (χ0n) is 17.8. The molecule has 32 heavy (non-hydrogen) atoms. The van der Waals surface area contributed by atoms with Crippen molar-refractivity contribution in [2.75, 3.05) is 5.32 Å². The summed E-state index contributed by atoms with van der Waals surface area (Å²) in [6.07, 6.45) is 5.11. The lowest BCUT2D eigenvalue weighted by molar-refractivity contribution is 0.0590. The van der Waals surface area contributed by atoms with Crippen molar-refractivity contribution in [2.24, 2.45) is 5.92 Å². The Labute approximate surface area is 184 Å². The van der Waals surface area contributed by atoms with Gasteiger partial charge in [0.05, 0.1) is 24.5 Å². The Kier molecular flexibility index (Phi) is 4.24. The number of piperidine rings is 1. The summed E-state index contributed by atoms with van der Waals surface area (Å²) in [6, 6.07) is 12.2. The van der Waals surface area contributed by atoms with Crippen molar-refractivity contribution in [1.29, 1.82) is 0 Å². The number of hydrogen-bond acceptors (Lipinski definition) is 7. The Bertz CT molecular complexity index is 1270. The van der Waals surface area contributed by atoms with Gasteiger partial charge >= 0.3 is 0 Å². The molecule has 9 heteroatoms. The van der Waals surface area contributed by atoms with E-state index >= 15 is 0 Å². The second kappa shape index (κ2) is 7.15. The number of amides is 1. The minimum atomic E-state index is -0.0925. The molecule has 0 spiro atoms. The minimum absolute atomic E-state index is 0.0401. The van der Waals surface area contributed by atoms with Gasteiger partial charge in [0.15, 0.2) is 11.3 Å². The van der Waals surface area contributed by atoms with E-state index in [2.05, 4.69) is 32.4 Å². The molecule has 0 radical (unpaired) electrons. The van der Waals surface area contributed by atoms with Crippen molar-refractivity contribution in [3.63, 3.8) is 0 Å². The van der Waals surface area contributed by atoms with Gasteiger partial charge in [-0.15, -0.1) is 4.80 Å². The smallest absolute Gasteiger partial charge is 0.295 e. The summed E-state index contributed by atoms with van der Waals surface area (Å²) in [7, 11) is 0. The van der Waals surface area contributed by atoms with E-state index < -0.39 is 0 Å². The van der Waals surface area contributed by atoms with Crippen molar-refractivity contribution in [3.05, 3.63) is 60.2 Å². The molecule has 2 bridgehead atoms. The lowest BCUT2D eigenvalue weighted by Gasteiger charge is -2.38. The number of para-hydroxylation sites is 2. The van der Waals surface area contributed by atoms with Gasteiger partial charge in [-0.05, 0) is 56.9 Å². The number of fused-ring (bicyclic) bond motifs is 3. The van der Waals surface area contributed by atoms with Crippen molar-refractivity contribution in [1.82, 2.24) is 29.9 Å². The van der Waals surface area contributed by atoms with E-state index in [1.165, 1.54) is 4.80 Å². The molecule has 4 unspecified atom stereocenters. The first-order chi connectivity index (χ1) is 15.6. The Morgan fingerprint density at radius 1 is 1.09 bits per heavy atom. The average Bonchev–Trinajstić information content (AvgIpc) is 3.57. The van der Waals surface area contributed by atoms with Crippen LogP contribution >= 0.6 is 0 Å². The van der Waals surface area contributed by atoms with Gasteiger partial charge in [-0.2, -0.15) is 15.2 Å². The van der Waals surface area contributed by atoms with E-state index in [1.54, 1.807) is 12.4 Å². The van der Waals surface area contributed by atoms with Crippen LogP contribution in [0.15, 0.2) is 53.2 Å². The summed E-state index contributed by atoms with van der Waals surface area (Å²) in [4.78, 5) is 26.3. The molecule has 3 aromatic heterocycles. The highest BCUT2D eigenvalue weighted by Gasteiger charge is 2.52. The van der Waals surface area contributed by atoms with Crippen LogP contribution in [0, 0.1) is 12.8 Å². The maximum absolute atomic E-state index is 13.8. The fourth-order valence-electron chi connectivity index (χ4n) is 5.20. The molecule has 1 aliphatic heterocycles. The lowest BCUT2D eigenvalue weighted by atomic mass is 9.97. The SMILES string of the molecule is Cc1ccc(-n2nccn2)c(C(=O)N2C(C)C3CC(Nc4nc5ccccc5o4)C2C3)n1. The van der Waals surface area contributed by atoms with Gasteiger partial charge < -0.3 is 14.6 Å². The second-order valence-corrected chi connectivity index (χ2v) is 8.63. The van der Waals surface area contributed by atoms with Crippen molar-refractivity contribution in [3.8, 4) is 5.69 Å². The van der Waals surface area contributed by atoms with E-state index in [-0.39, 0.29) is 24.0 Å². The van der Waals surface area contributed by atoms with Crippen LogP contribution in [0.25, 0.3) is 16.8 Å². The highest BCUT2D eigenvalue weighted by atomic mass is 16.4. The fraction of sp³-hybridized carbons (Fsp3) is 0.348. The van der Waals surface area contributed by atoms with E-state index in [9.17, 15) is 4.79 Å². The molecule has 1 aliphatic carbocycles. The molecule has 2 fully saturated rings. The highest BCUT2D eigenvalue weighted by molar-refractivity contribution is 5.96. The van der Waals surface area contributed by atoms with Gasteiger partial charge in [0.1, 0.15) is 11.2 Å². The molecule has 1 aromatic carbocycles. The van der Waals surface area contributed by atoms with E-state index in [1.807, 2.05) is 48.2 Å². The monoisotopic (exact) mass is 429 g/mol. The summed E-state index contributed by atoms with van der Waals surface area (Å²) in [5.41, 5.74) is 3.31. The van der Waals surface area contributed by atoms with Crippen LogP contribution < -0.4 is 5.32 Å². The summed E-state index contributed by atoms with van der Waals surface area (Å²) >= 11 is 0. The summed E-state index contributed by atoms with van der Waals surface area (Å²) in [6.45, 7) is 4.01. The lowest BCUT2D eigenvalue weighted by Crippen LogP contribution is -2.52. The molecule has 9 nitrogen and oxygen atoms in total. The molecule has 162 valence electrons. The Morgan fingerprint density at radius 3 is 2.69 bits per heavy atom.